The molecule has 142 valence electrons. The van der Waals surface area contributed by atoms with Crippen LogP contribution < -0.4 is 16.4 Å². The van der Waals surface area contributed by atoms with Crippen molar-refractivity contribution in [3.05, 3.63) is 29.3 Å². The number of amides is 2. The molecule has 0 aliphatic carbocycles. The van der Waals surface area contributed by atoms with Gasteiger partial charge in [0.1, 0.15) is 18.6 Å². The number of nitrogens with two attached hydrogens (primary N) is 1. The molecule has 4 N–H and O–H groups in total. The first-order valence-corrected chi connectivity index (χ1v) is 8.06. The summed E-state index contributed by atoms with van der Waals surface area (Å²) in [5.74, 6) is -0.702. The Labute approximate surface area is 151 Å². The number of benzene rings is 1. The van der Waals surface area contributed by atoms with Gasteiger partial charge in [-0.3, -0.25) is 19.2 Å². The fourth-order valence-corrected chi connectivity index (χ4v) is 2.32. The first-order valence-electron chi connectivity index (χ1n) is 8.06. The van der Waals surface area contributed by atoms with Gasteiger partial charge in [0.2, 0.25) is 11.8 Å². The van der Waals surface area contributed by atoms with E-state index in [1.165, 1.54) is 12.1 Å². The number of nitrogens with one attached hydrogen (secondary N) is 2. The van der Waals surface area contributed by atoms with E-state index in [2.05, 4.69) is 10.6 Å². The van der Waals surface area contributed by atoms with Gasteiger partial charge in [-0.15, -0.1) is 0 Å². The average molecular weight is 364 g/mol. The first kappa shape index (κ1) is 21.4. The number of carbonyl (C=O) groups excluding carboxylic acids is 4. The summed E-state index contributed by atoms with van der Waals surface area (Å²) in [5, 5.41) is 6.46. The maximum Gasteiger partial charge on any atom is 0.239 e. The van der Waals surface area contributed by atoms with Crippen molar-refractivity contribution in [2.75, 3.05) is 26.0 Å². The zero-order valence-corrected chi connectivity index (χ0v) is 14.9. The molecule has 0 fully saturated rings. The third kappa shape index (κ3) is 6.03. The second-order valence-corrected chi connectivity index (χ2v) is 5.44. The van der Waals surface area contributed by atoms with Gasteiger partial charge in [-0.1, -0.05) is 12.1 Å². The van der Waals surface area contributed by atoms with Gasteiger partial charge in [-0.2, -0.15) is 5.06 Å². The molecule has 1 unspecified atom stereocenters. The quantitative estimate of drug-likeness (QED) is 0.368. The molecular formula is C17H24N4O5. The third-order valence-corrected chi connectivity index (χ3v) is 3.76. The Morgan fingerprint density at radius 1 is 1.35 bits per heavy atom. The van der Waals surface area contributed by atoms with Crippen LogP contribution in [0.1, 0.15) is 28.8 Å². The lowest BCUT2D eigenvalue weighted by molar-refractivity contribution is -0.185. The van der Waals surface area contributed by atoms with Crippen LogP contribution in [-0.2, 0) is 25.8 Å². The number of anilines is 1. The predicted molar refractivity (Wildman–Crippen MR) is 95.2 cm³/mol. The van der Waals surface area contributed by atoms with E-state index in [9.17, 15) is 19.2 Å². The molecule has 1 aromatic rings. The summed E-state index contributed by atoms with van der Waals surface area (Å²) in [6, 6.07) is 4.17. The van der Waals surface area contributed by atoms with E-state index in [1.807, 2.05) is 0 Å². The van der Waals surface area contributed by atoms with Crippen LogP contribution in [0.5, 0.6) is 0 Å². The second-order valence-electron chi connectivity index (χ2n) is 5.44. The van der Waals surface area contributed by atoms with Gasteiger partial charge in [-0.05, 0) is 12.5 Å². The molecule has 1 aromatic carbocycles. The number of nitrogens with zero attached hydrogens (tertiary/aromatic N) is 1. The Bertz CT molecular complexity index is 650. The van der Waals surface area contributed by atoms with Crippen molar-refractivity contribution in [1.82, 2.24) is 10.4 Å². The number of likely N-dealkylation sites (N-methyl/N-ethyl adjacent to an activating group) is 2. The summed E-state index contributed by atoms with van der Waals surface area (Å²) in [5.41, 5.74) is 6.51. The Morgan fingerprint density at radius 3 is 2.65 bits per heavy atom. The van der Waals surface area contributed by atoms with Gasteiger partial charge < -0.3 is 21.2 Å². The van der Waals surface area contributed by atoms with Crippen LogP contribution in [0.4, 0.5) is 5.69 Å². The molecule has 1 atom stereocenters. The van der Waals surface area contributed by atoms with Crippen LogP contribution in [0.2, 0.25) is 0 Å². The number of rotatable bonds is 11. The summed E-state index contributed by atoms with van der Waals surface area (Å²) < 4.78 is 0. The van der Waals surface area contributed by atoms with E-state index in [0.717, 1.165) is 6.29 Å². The summed E-state index contributed by atoms with van der Waals surface area (Å²) in [6.45, 7) is -0.254. The lowest BCUT2D eigenvalue weighted by Crippen LogP contribution is -2.44. The highest BCUT2D eigenvalue weighted by molar-refractivity contribution is 5.94. The van der Waals surface area contributed by atoms with Crippen molar-refractivity contribution in [1.29, 1.82) is 0 Å². The number of aldehydes is 2. The number of hydroxylamine groups is 2. The predicted octanol–water partition coefficient (Wildman–Crippen LogP) is -0.147. The molecule has 0 spiro atoms. The smallest absolute Gasteiger partial charge is 0.239 e. The molecule has 0 saturated heterocycles. The Morgan fingerprint density at radius 2 is 2.08 bits per heavy atom. The van der Waals surface area contributed by atoms with Crippen LogP contribution in [-0.4, -0.2) is 56.1 Å². The lowest BCUT2D eigenvalue weighted by Gasteiger charge is -2.26. The van der Waals surface area contributed by atoms with Crippen LogP contribution in [0.25, 0.3) is 0 Å². The van der Waals surface area contributed by atoms with Gasteiger partial charge in [-0.25, -0.2) is 0 Å². The van der Waals surface area contributed by atoms with E-state index in [0.29, 0.717) is 23.1 Å². The van der Waals surface area contributed by atoms with Crippen LogP contribution >= 0.6 is 0 Å². The Kier molecular flexibility index (Phi) is 9.13. The zero-order valence-electron chi connectivity index (χ0n) is 14.9. The number of carbonyl (C=O) groups is 4. The molecule has 0 saturated carbocycles. The Balaban J connectivity index is 2.95. The normalized spacial score (nSPS) is 11.7. The highest BCUT2D eigenvalue weighted by Gasteiger charge is 2.23. The van der Waals surface area contributed by atoms with Gasteiger partial charge in [0.25, 0.3) is 0 Å². The van der Waals surface area contributed by atoms with E-state index < -0.39 is 11.9 Å². The molecule has 0 heterocycles. The summed E-state index contributed by atoms with van der Waals surface area (Å²) in [6.07, 6.45) is 1.87. The van der Waals surface area contributed by atoms with Crippen LogP contribution in [0, 0.1) is 0 Å². The van der Waals surface area contributed by atoms with Crippen molar-refractivity contribution in [2.24, 2.45) is 5.73 Å². The molecule has 0 aliphatic heterocycles. The lowest BCUT2D eigenvalue weighted by atomic mass is 10.1. The highest BCUT2D eigenvalue weighted by Crippen LogP contribution is 2.21. The Hall–Kier alpha value is -2.62. The standard InChI is InChI=1S/C17H24N4O5/c1-19-17(25)15(7-4-8-22)21(2)26-11-13-12(10-23)5-3-6-14(13)20-16(24)9-18/h3,5-6,8,10,15H,4,7,9,11,18H2,1-2H3,(H,19,25)(H,20,24). The van der Waals surface area contributed by atoms with E-state index >= 15 is 0 Å². The van der Waals surface area contributed by atoms with E-state index in [-0.39, 0.29) is 31.9 Å². The average Bonchev–Trinajstić information content (AvgIpc) is 2.66. The van der Waals surface area contributed by atoms with Crippen molar-refractivity contribution in [3.63, 3.8) is 0 Å². The largest absolute Gasteiger partial charge is 0.358 e. The summed E-state index contributed by atoms with van der Waals surface area (Å²) >= 11 is 0. The van der Waals surface area contributed by atoms with Crippen molar-refractivity contribution >= 4 is 30.1 Å². The summed E-state index contributed by atoms with van der Waals surface area (Å²) in [4.78, 5) is 51.1. The molecule has 0 aliphatic rings. The molecule has 0 aromatic heterocycles. The molecular weight excluding hydrogens is 340 g/mol. The second kappa shape index (κ2) is 11.1. The number of hydrogen-bond donors (Lipinski definition) is 3. The molecule has 9 nitrogen and oxygen atoms in total. The zero-order chi connectivity index (χ0) is 19.5. The van der Waals surface area contributed by atoms with Crippen molar-refractivity contribution in [2.45, 2.75) is 25.5 Å². The van der Waals surface area contributed by atoms with Crippen LogP contribution in [0.15, 0.2) is 18.2 Å². The fraction of sp³-hybridized carbons (Fsp3) is 0.412. The van der Waals surface area contributed by atoms with Gasteiger partial charge in [0.05, 0.1) is 13.2 Å². The van der Waals surface area contributed by atoms with Gasteiger partial charge in [0, 0.05) is 37.3 Å². The number of hydrogen-bond acceptors (Lipinski definition) is 7. The fourth-order valence-electron chi connectivity index (χ4n) is 2.32. The minimum atomic E-state index is -0.671. The molecule has 1 rings (SSSR count). The topological polar surface area (TPSA) is 131 Å². The highest BCUT2D eigenvalue weighted by atomic mass is 16.7. The molecule has 0 bridgehead atoms. The van der Waals surface area contributed by atoms with Crippen LogP contribution in [0.3, 0.4) is 0 Å². The van der Waals surface area contributed by atoms with Gasteiger partial charge in [0.15, 0.2) is 0 Å². The molecule has 2 amide bonds. The summed E-state index contributed by atoms with van der Waals surface area (Å²) in [7, 11) is 3.05. The minimum Gasteiger partial charge on any atom is -0.358 e. The molecule has 0 radical (unpaired) electrons. The maximum atomic E-state index is 12.0. The van der Waals surface area contributed by atoms with E-state index in [1.54, 1.807) is 25.2 Å². The molecule has 26 heavy (non-hydrogen) atoms. The van der Waals surface area contributed by atoms with Gasteiger partial charge >= 0.3 is 0 Å². The SMILES string of the molecule is CNC(=O)C(CCC=O)N(C)OCc1c(C=O)cccc1NC(=O)CN. The van der Waals surface area contributed by atoms with E-state index in [4.69, 9.17) is 10.6 Å². The van der Waals surface area contributed by atoms with Crippen molar-refractivity contribution < 1.29 is 24.0 Å². The third-order valence-electron chi connectivity index (χ3n) is 3.76. The minimum absolute atomic E-state index is 0.0554. The maximum absolute atomic E-state index is 12.0. The molecule has 9 heteroatoms. The first-order chi connectivity index (χ1) is 12.5. The van der Waals surface area contributed by atoms with Crippen molar-refractivity contribution in [3.8, 4) is 0 Å². The monoisotopic (exact) mass is 364 g/mol.